The van der Waals surface area contributed by atoms with Crippen LogP contribution in [0.5, 0.6) is 0 Å². The Morgan fingerprint density at radius 3 is 2.61 bits per heavy atom. The van der Waals surface area contributed by atoms with E-state index in [1.807, 2.05) is 19.0 Å². The van der Waals surface area contributed by atoms with Crippen molar-refractivity contribution in [1.82, 2.24) is 9.62 Å². The minimum atomic E-state index is -3.89. The fourth-order valence-corrected chi connectivity index (χ4v) is 2.74. The largest absolute Gasteiger partial charge is 0.398 e. The number of anilines is 1. The topological polar surface area (TPSA) is 75.4 Å². The van der Waals surface area contributed by atoms with Crippen molar-refractivity contribution in [2.45, 2.75) is 11.3 Å². The molecule has 0 unspecified atom stereocenters. The van der Waals surface area contributed by atoms with Crippen molar-refractivity contribution in [3.05, 3.63) is 24.0 Å². The maximum absolute atomic E-state index is 13.5. The summed E-state index contributed by atoms with van der Waals surface area (Å²) < 4.78 is 39.6. The van der Waals surface area contributed by atoms with Gasteiger partial charge in [0.2, 0.25) is 10.0 Å². The highest BCUT2D eigenvalue weighted by Crippen LogP contribution is 2.21. The molecule has 0 heterocycles. The molecule has 3 N–H and O–H groups in total. The van der Waals surface area contributed by atoms with Crippen LogP contribution < -0.4 is 10.5 Å². The van der Waals surface area contributed by atoms with Crippen LogP contribution >= 0.6 is 0 Å². The Kier molecular flexibility index (Phi) is 5.06. The quantitative estimate of drug-likeness (QED) is 0.590. The van der Waals surface area contributed by atoms with E-state index >= 15 is 0 Å². The molecule has 0 atom stereocenters. The second-order valence-electron chi connectivity index (χ2n) is 4.21. The third-order valence-corrected chi connectivity index (χ3v) is 3.89. The zero-order valence-corrected chi connectivity index (χ0v) is 11.3. The van der Waals surface area contributed by atoms with Crippen LogP contribution in [0.15, 0.2) is 23.1 Å². The molecule has 0 radical (unpaired) electrons. The molecule has 0 saturated heterocycles. The van der Waals surface area contributed by atoms with Crippen molar-refractivity contribution < 1.29 is 12.8 Å². The number of nitrogen functional groups attached to an aromatic ring is 1. The van der Waals surface area contributed by atoms with Crippen LogP contribution in [0.1, 0.15) is 6.42 Å². The molecular weight excluding hydrogens is 257 g/mol. The molecule has 1 aromatic rings. The average molecular weight is 275 g/mol. The molecule has 0 aliphatic rings. The predicted octanol–water partition coefficient (Wildman–Crippen LogP) is 0.638. The van der Waals surface area contributed by atoms with Crippen LogP contribution in [0, 0.1) is 5.82 Å². The van der Waals surface area contributed by atoms with Crippen molar-refractivity contribution in [3.8, 4) is 0 Å². The number of nitrogens with one attached hydrogen (secondary N) is 1. The summed E-state index contributed by atoms with van der Waals surface area (Å²) in [6.07, 6.45) is 0.639. The summed E-state index contributed by atoms with van der Waals surface area (Å²) in [5.41, 5.74) is 5.40. The van der Waals surface area contributed by atoms with Gasteiger partial charge in [-0.15, -0.1) is 0 Å². The summed E-state index contributed by atoms with van der Waals surface area (Å²) in [6.45, 7) is 0.990. The van der Waals surface area contributed by atoms with Gasteiger partial charge >= 0.3 is 0 Å². The van der Waals surface area contributed by atoms with Gasteiger partial charge in [0.25, 0.3) is 0 Å². The third kappa shape index (κ3) is 3.94. The number of nitrogens with two attached hydrogens (primary N) is 1. The van der Waals surface area contributed by atoms with Gasteiger partial charge in [0.1, 0.15) is 10.7 Å². The van der Waals surface area contributed by atoms with Gasteiger partial charge in [-0.25, -0.2) is 17.5 Å². The Hall–Kier alpha value is -1.18. The number of nitrogens with zero attached hydrogens (tertiary/aromatic N) is 1. The normalized spacial score (nSPS) is 12.0. The van der Waals surface area contributed by atoms with E-state index in [-0.39, 0.29) is 12.2 Å². The highest BCUT2D eigenvalue weighted by Gasteiger charge is 2.21. The van der Waals surface area contributed by atoms with Crippen LogP contribution in [0.3, 0.4) is 0 Å². The molecule has 1 aromatic carbocycles. The Morgan fingerprint density at radius 2 is 2.06 bits per heavy atom. The van der Waals surface area contributed by atoms with Gasteiger partial charge in [-0.3, -0.25) is 0 Å². The van der Waals surface area contributed by atoms with Gasteiger partial charge in [-0.05, 0) is 39.2 Å². The van der Waals surface area contributed by atoms with E-state index in [2.05, 4.69) is 4.72 Å². The smallest absolute Gasteiger partial charge is 0.245 e. The van der Waals surface area contributed by atoms with Crippen molar-refractivity contribution in [2.75, 3.05) is 32.9 Å². The van der Waals surface area contributed by atoms with Crippen LogP contribution in [-0.2, 0) is 10.0 Å². The minimum Gasteiger partial charge on any atom is -0.398 e. The molecule has 7 heteroatoms. The van der Waals surface area contributed by atoms with E-state index in [4.69, 9.17) is 5.73 Å². The summed E-state index contributed by atoms with van der Waals surface area (Å²) in [6, 6.07) is 3.80. The molecule has 0 aliphatic carbocycles. The van der Waals surface area contributed by atoms with Crippen molar-refractivity contribution in [2.24, 2.45) is 0 Å². The SMILES string of the molecule is CN(C)CCCNS(=O)(=O)c1c(N)cccc1F. The van der Waals surface area contributed by atoms with Crippen molar-refractivity contribution >= 4 is 15.7 Å². The summed E-state index contributed by atoms with van der Waals surface area (Å²) in [4.78, 5) is 1.46. The minimum absolute atomic E-state index is 0.0879. The highest BCUT2D eigenvalue weighted by molar-refractivity contribution is 7.89. The molecule has 1 rings (SSSR count). The van der Waals surface area contributed by atoms with Gasteiger partial charge in [0.15, 0.2) is 0 Å². The second-order valence-corrected chi connectivity index (χ2v) is 5.92. The van der Waals surface area contributed by atoms with Gasteiger partial charge in [0, 0.05) is 6.54 Å². The number of benzene rings is 1. The molecule has 18 heavy (non-hydrogen) atoms. The fraction of sp³-hybridized carbons (Fsp3) is 0.455. The lowest BCUT2D eigenvalue weighted by atomic mass is 10.3. The Bertz CT molecular complexity index is 483. The molecule has 0 fully saturated rings. The van der Waals surface area contributed by atoms with E-state index in [1.54, 1.807) is 0 Å². The summed E-state index contributed by atoms with van der Waals surface area (Å²) in [7, 11) is -0.104. The molecule has 0 saturated carbocycles. The van der Waals surface area contributed by atoms with E-state index in [0.717, 1.165) is 12.6 Å². The van der Waals surface area contributed by atoms with Gasteiger partial charge in [-0.2, -0.15) is 0 Å². The van der Waals surface area contributed by atoms with Crippen molar-refractivity contribution in [1.29, 1.82) is 0 Å². The molecule has 0 aliphatic heterocycles. The summed E-state index contributed by atoms with van der Waals surface area (Å²) in [5, 5.41) is 0. The maximum atomic E-state index is 13.5. The predicted molar refractivity (Wildman–Crippen MR) is 69.2 cm³/mol. The van der Waals surface area contributed by atoms with Crippen LogP contribution in [-0.4, -0.2) is 40.5 Å². The molecule has 102 valence electrons. The zero-order valence-electron chi connectivity index (χ0n) is 10.5. The van der Waals surface area contributed by atoms with E-state index in [1.165, 1.54) is 12.1 Å². The van der Waals surface area contributed by atoms with Gasteiger partial charge in [-0.1, -0.05) is 6.07 Å². The first-order valence-electron chi connectivity index (χ1n) is 5.53. The maximum Gasteiger partial charge on any atom is 0.245 e. The highest BCUT2D eigenvalue weighted by atomic mass is 32.2. The standard InChI is InChI=1S/C11H18FN3O2S/c1-15(2)8-4-7-14-18(16,17)11-9(12)5-3-6-10(11)13/h3,5-6,14H,4,7-8,13H2,1-2H3. The van der Waals surface area contributed by atoms with E-state index < -0.39 is 20.7 Å². The second kappa shape index (κ2) is 6.12. The summed E-state index contributed by atoms with van der Waals surface area (Å²) >= 11 is 0. The Labute approximate surface area is 107 Å². The molecule has 0 spiro atoms. The van der Waals surface area contributed by atoms with Gasteiger partial charge in [0.05, 0.1) is 5.69 Å². The molecule has 5 nitrogen and oxygen atoms in total. The first-order valence-corrected chi connectivity index (χ1v) is 7.01. The van der Waals surface area contributed by atoms with Crippen LogP contribution in [0.4, 0.5) is 10.1 Å². The monoisotopic (exact) mass is 275 g/mol. The summed E-state index contributed by atoms with van der Waals surface area (Å²) in [5.74, 6) is -0.838. The van der Waals surface area contributed by atoms with E-state index in [9.17, 15) is 12.8 Å². The van der Waals surface area contributed by atoms with Crippen LogP contribution in [0.25, 0.3) is 0 Å². The van der Waals surface area contributed by atoms with Crippen molar-refractivity contribution in [3.63, 3.8) is 0 Å². The lowest BCUT2D eigenvalue weighted by molar-refractivity contribution is 0.400. The first kappa shape index (κ1) is 14.9. The lowest BCUT2D eigenvalue weighted by Crippen LogP contribution is -2.28. The molecule has 0 amide bonds. The number of hydrogen-bond acceptors (Lipinski definition) is 4. The van der Waals surface area contributed by atoms with E-state index in [0.29, 0.717) is 6.42 Å². The number of halogens is 1. The third-order valence-electron chi connectivity index (χ3n) is 2.34. The molecule has 0 aromatic heterocycles. The molecular formula is C11H18FN3O2S. The Balaban J connectivity index is 2.75. The number of hydrogen-bond donors (Lipinski definition) is 2. The average Bonchev–Trinajstić information content (AvgIpc) is 2.23. The van der Waals surface area contributed by atoms with Gasteiger partial charge < -0.3 is 10.6 Å². The zero-order chi connectivity index (χ0) is 13.8. The number of sulfonamides is 1. The Morgan fingerprint density at radius 1 is 1.39 bits per heavy atom. The lowest BCUT2D eigenvalue weighted by Gasteiger charge is -2.11. The fourth-order valence-electron chi connectivity index (χ4n) is 1.48. The number of rotatable bonds is 6. The first-order chi connectivity index (χ1) is 8.34. The molecule has 0 bridgehead atoms. The van der Waals surface area contributed by atoms with Crippen LogP contribution in [0.2, 0.25) is 0 Å².